The molecule has 0 N–H and O–H groups in total. The van der Waals surface area contributed by atoms with Crippen LogP contribution in [0.25, 0.3) is 0 Å². The van der Waals surface area contributed by atoms with E-state index in [0.717, 1.165) is 49.7 Å². The van der Waals surface area contributed by atoms with Crippen LogP contribution in [-0.2, 0) is 19.7 Å². The molecule has 0 saturated heterocycles. The molecule has 0 unspecified atom stereocenters. The zero-order chi connectivity index (χ0) is 29.1. The third-order valence-corrected chi connectivity index (χ3v) is 11.5. The Morgan fingerprint density at radius 2 is 0.550 bits per heavy atom. The average Bonchev–Trinajstić information content (AvgIpc) is 2.92. The van der Waals surface area contributed by atoms with Gasteiger partial charge in [0.15, 0.2) is 19.7 Å². The predicted molar refractivity (Wildman–Crippen MR) is 170 cm³/mol. The minimum Gasteiger partial charge on any atom is -0.224 e. The summed E-state index contributed by atoms with van der Waals surface area (Å²) in [7, 11) is -6.26. The van der Waals surface area contributed by atoms with Crippen LogP contribution in [0.2, 0.25) is 0 Å². The van der Waals surface area contributed by atoms with Crippen LogP contribution in [0.5, 0.6) is 0 Å². The van der Waals surface area contributed by atoms with Crippen molar-refractivity contribution in [3.63, 3.8) is 0 Å². The molecule has 0 bridgehead atoms. The Hall–Kier alpha value is -1.66. The van der Waals surface area contributed by atoms with E-state index in [1.165, 1.54) is 77.0 Å². The monoisotopic (exact) mass is 590 g/mol. The zero-order valence-electron chi connectivity index (χ0n) is 25.2. The van der Waals surface area contributed by atoms with Gasteiger partial charge in [-0.05, 0) is 51.0 Å². The Kier molecular flexibility index (Phi) is 16.8. The molecule has 0 aliphatic heterocycles. The zero-order valence-corrected chi connectivity index (χ0v) is 26.8. The fourth-order valence-corrected chi connectivity index (χ4v) is 7.88. The average molecular weight is 591 g/mol. The van der Waals surface area contributed by atoms with Crippen molar-refractivity contribution in [3.05, 3.63) is 59.7 Å². The Labute approximate surface area is 246 Å². The van der Waals surface area contributed by atoms with Crippen molar-refractivity contribution in [3.8, 4) is 0 Å². The van der Waals surface area contributed by atoms with Gasteiger partial charge >= 0.3 is 0 Å². The van der Waals surface area contributed by atoms with E-state index >= 15 is 0 Å². The summed E-state index contributed by atoms with van der Waals surface area (Å²) in [4.78, 5) is 0.907. The Morgan fingerprint density at radius 1 is 0.350 bits per heavy atom. The van der Waals surface area contributed by atoms with E-state index in [9.17, 15) is 16.8 Å². The molecule has 0 aliphatic rings. The number of benzene rings is 2. The maximum atomic E-state index is 12.4. The summed E-state index contributed by atoms with van der Waals surface area (Å²) in [6.45, 7) is 3.94. The van der Waals surface area contributed by atoms with Crippen molar-refractivity contribution in [2.24, 2.45) is 0 Å². The summed E-state index contributed by atoms with van der Waals surface area (Å²) in [5, 5.41) is 0. The number of unbranched alkanes of at least 4 members (excludes halogenated alkanes) is 17. The Balaban J connectivity index is 1.31. The molecule has 0 heterocycles. The first-order valence-corrected chi connectivity index (χ1v) is 19.1. The van der Waals surface area contributed by atoms with Gasteiger partial charge in [0.25, 0.3) is 0 Å². The molecule has 0 aromatic heterocycles. The van der Waals surface area contributed by atoms with Gasteiger partial charge in [0, 0.05) is 0 Å². The molecular formula is C34H54O4S2. The van der Waals surface area contributed by atoms with Gasteiger partial charge in [-0.1, -0.05) is 138 Å². The molecule has 2 rings (SSSR count). The van der Waals surface area contributed by atoms with Crippen molar-refractivity contribution in [1.82, 2.24) is 0 Å². The van der Waals surface area contributed by atoms with E-state index in [2.05, 4.69) is 0 Å². The lowest BCUT2D eigenvalue weighted by Gasteiger charge is -2.06. The molecular weight excluding hydrogens is 537 g/mol. The van der Waals surface area contributed by atoms with Crippen molar-refractivity contribution < 1.29 is 16.8 Å². The normalized spacial score (nSPS) is 12.2. The second-order valence-corrected chi connectivity index (χ2v) is 15.8. The van der Waals surface area contributed by atoms with E-state index in [4.69, 9.17) is 0 Å². The molecule has 2 aromatic carbocycles. The van der Waals surface area contributed by atoms with Gasteiger partial charge in [0.2, 0.25) is 0 Å². The summed E-state index contributed by atoms with van der Waals surface area (Å²) in [5.74, 6) is 0.523. The second kappa shape index (κ2) is 19.5. The highest BCUT2D eigenvalue weighted by atomic mass is 32.2. The second-order valence-electron chi connectivity index (χ2n) is 11.6. The molecule has 40 heavy (non-hydrogen) atoms. The van der Waals surface area contributed by atoms with Crippen molar-refractivity contribution in [2.75, 3.05) is 11.5 Å². The third-order valence-electron chi connectivity index (χ3n) is 7.84. The van der Waals surface area contributed by atoms with Gasteiger partial charge in [0.1, 0.15) is 0 Å². The van der Waals surface area contributed by atoms with Crippen molar-refractivity contribution in [2.45, 2.75) is 139 Å². The van der Waals surface area contributed by atoms with E-state index in [1.54, 1.807) is 24.3 Å². The fraction of sp³-hybridized carbons (Fsp3) is 0.647. The summed E-state index contributed by atoms with van der Waals surface area (Å²) < 4.78 is 49.5. The van der Waals surface area contributed by atoms with Gasteiger partial charge in [-0.2, -0.15) is 0 Å². The minimum absolute atomic E-state index is 0.261. The first-order valence-electron chi connectivity index (χ1n) is 15.8. The van der Waals surface area contributed by atoms with Crippen LogP contribution < -0.4 is 0 Å². The third kappa shape index (κ3) is 14.8. The van der Waals surface area contributed by atoms with Gasteiger partial charge in [-0.25, -0.2) is 16.8 Å². The molecule has 0 saturated carbocycles. The lowest BCUT2D eigenvalue weighted by molar-refractivity contribution is 0.525. The molecule has 0 aliphatic carbocycles. The van der Waals surface area contributed by atoms with Gasteiger partial charge in [-0.15, -0.1) is 0 Å². The van der Waals surface area contributed by atoms with Crippen LogP contribution in [-0.4, -0.2) is 28.3 Å². The summed E-state index contributed by atoms with van der Waals surface area (Å²) >= 11 is 0. The van der Waals surface area contributed by atoms with Crippen LogP contribution in [0.3, 0.4) is 0 Å². The molecule has 6 heteroatoms. The number of sulfone groups is 2. The number of hydrogen-bond acceptors (Lipinski definition) is 4. The smallest absolute Gasteiger partial charge is 0.178 e. The van der Waals surface area contributed by atoms with Gasteiger partial charge in [0.05, 0.1) is 21.3 Å². The fourth-order valence-electron chi connectivity index (χ4n) is 5.14. The lowest BCUT2D eigenvalue weighted by Crippen LogP contribution is -2.06. The van der Waals surface area contributed by atoms with Crippen molar-refractivity contribution >= 4 is 19.7 Å². The van der Waals surface area contributed by atoms with Crippen LogP contribution in [0.4, 0.5) is 0 Å². The van der Waals surface area contributed by atoms with Crippen LogP contribution >= 0.6 is 0 Å². The highest BCUT2D eigenvalue weighted by Crippen LogP contribution is 2.18. The first-order chi connectivity index (χ1) is 19.2. The Morgan fingerprint density at radius 3 is 0.775 bits per heavy atom. The number of rotatable bonds is 23. The quantitative estimate of drug-likeness (QED) is 0.121. The van der Waals surface area contributed by atoms with Crippen molar-refractivity contribution in [1.29, 1.82) is 0 Å². The molecule has 4 nitrogen and oxygen atoms in total. The molecule has 0 atom stereocenters. The largest absolute Gasteiger partial charge is 0.224 e. The molecule has 0 radical (unpaired) electrons. The number of hydrogen-bond donors (Lipinski definition) is 0. The molecule has 0 spiro atoms. The predicted octanol–water partition coefficient (Wildman–Crippen LogP) is 9.57. The highest BCUT2D eigenvalue weighted by molar-refractivity contribution is 7.91. The molecule has 0 fully saturated rings. The lowest BCUT2D eigenvalue weighted by atomic mass is 10.0. The maximum absolute atomic E-state index is 12.4. The SMILES string of the molecule is Cc1ccc(S(=O)(=O)CCCCCCCCCCCCCCCCCCCCS(=O)(=O)c2ccc(C)cc2)cc1. The van der Waals surface area contributed by atoms with E-state index in [-0.39, 0.29) is 11.5 Å². The van der Waals surface area contributed by atoms with Crippen LogP contribution in [0.15, 0.2) is 58.3 Å². The molecule has 0 amide bonds. The Bertz CT molecular complexity index is 1040. The van der Waals surface area contributed by atoms with E-state index in [0.29, 0.717) is 9.79 Å². The highest BCUT2D eigenvalue weighted by Gasteiger charge is 2.14. The molecule has 226 valence electrons. The maximum Gasteiger partial charge on any atom is 0.178 e. The minimum atomic E-state index is -3.13. The van der Waals surface area contributed by atoms with Crippen LogP contribution in [0.1, 0.15) is 127 Å². The number of aryl methyl sites for hydroxylation is 2. The summed E-state index contributed by atoms with van der Waals surface area (Å²) in [6, 6.07) is 14.4. The van der Waals surface area contributed by atoms with Gasteiger partial charge < -0.3 is 0 Å². The van der Waals surface area contributed by atoms with Crippen LogP contribution in [0, 0.1) is 13.8 Å². The van der Waals surface area contributed by atoms with Gasteiger partial charge in [-0.3, -0.25) is 0 Å². The molecule has 2 aromatic rings. The summed E-state index contributed by atoms with van der Waals surface area (Å²) in [6.07, 6.45) is 21.3. The van der Waals surface area contributed by atoms with E-state index < -0.39 is 19.7 Å². The standard InChI is InChI=1S/C34H54O4S2/c1-31-21-25-33(26-22-31)39(35,36)29-19-17-15-13-11-9-7-5-3-4-6-8-10-12-14-16-18-20-30-40(37,38)34-27-23-32(2)24-28-34/h21-28H,3-20,29-30H2,1-2H3. The first kappa shape index (κ1) is 34.5. The topological polar surface area (TPSA) is 68.3 Å². The summed E-state index contributed by atoms with van der Waals surface area (Å²) in [5.41, 5.74) is 2.17. The van der Waals surface area contributed by atoms with E-state index in [1.807, 2.05) is 38.1 Å².